The molecule has 2 rings (SSSR count). The van der Waals surface area contributed by atoms with Gasteiger partial charge in [0.05, 0.1) is 16.9 Å². The molecule has 0 aliphatic rings. The highest BCUT2D eigenvalue weighted by molar-refractivity contribution is 5.88. The largest absolute Gasteiger partial charge is 0.478 e. The van der Waals surface area contributed by atoms with Crippen molar-refractivity contribution in [3.8, 4) is 0 Å². The molecule has 0 unspecified atom stereocenters. The van der Waals surface area contributed by atoms with E-state index in [4.69, 9.17) is 10.8 Å². The monoisotopic (exact) mass is 255 g/mol. The first kappa shape index (κ1) is 12.9. The first-order valence-corrected chi connectivity index (χ1v) is 5.73. The summed E-state index contributed by atoms with van der Waals surface area (Å²) in [6, 6.07) is 13.7. The number of azo groups is 1. The Kier molecular flexibility index (Phi) is 4.00. The molecule has 0 atom stereocenters. The number of benzene rings is 2. The third-order valence-electron chi connectivity index (χ3n) is 2.55. The van der Waals surface area contributed by atoms with Crippen LogP contribution in [-0.4, -0.2) is 11.1 Å². The van der Waals surface area contributed by atoms with Crippen LogP contribution in [0.3, 0.4) is 0 Å². The predicted octanol–water partition coefficient (Wildman–Crippen LogP) is 3.26. The predicted molar refractivity (Wildman–Crippen MR) is 71.9 cm³/mol. The summed E-state index contributed by atoms with van der Waals surface area (Å²) in [6.45, 7) is 0.484. The van der Waals surface area contributed by atoms with Gasteiger partial charge in [0.1, 0.15) is 0 Å². The molecular formula is C14H13N3O2. The SMILES string of the molecule is NCc1ccc(N=Nc2cccc(C(=O)O)c2)cc1. The van der Waals surface area contributed by atoms with E-state index in [0.29, 0.717) is 17.9 Å². The van der Waals surface area contributed by atoms with Gasteiger partial charge in [-0.3, -0.25) is 0 Å². The maximum atomic E-state index is 10.8. The average Bonchev–Trinajstić information content (AvgIpc) is 2.46. The van der Waals surface area contributed by atoms with Gasteiger partial charge in [0.2, 0.25) is 0 Å². The molecule has 2 aromatic carbocycles. The topological polar surface area (TPSA) is 88.0 Å². The molecule has 0 saturated heterocycles. The summed E-state index contributed by atoms with van der Waals surface area (Å²) < 4.78 is 0. The second-order valence-electron chi connectivity index (χ2n) is 3.93. The van der Waals surface area contributed by atoms with Crippen LogP contribution in [0.4, 0.5) is 11.4 Å². The van der Waals surface area contributed by atoms with Crippen molar-refractivity contribution in [1.29, 1.82) is 0 Å². The molecule has 0 bridgehead atoms. The van der Waals surface area contributed by atoms with E-state index in [2.05, 4.69) is 10.2 Å². The number of carboxylic acid groups (broad SMARTS) is 1. The molecule has 96 valence electrons. The number of hydrogen-bond donors (Lipinski definition) is 2. The number of rotatable bonds is 4. The van der Waals surface area contributed by atoms with Gasteiger partial charge in [-0.05, 0) is 35.9 Å². The van der Waals surface area contributed by atoms with Crippen LogP contribution in [-0.2, 0) is 6.54 Å². The Balaban J connectivity index is 2.17. The van der Waals surface area contributed by atoms with E-state index >= 15 is 0 Å². The molecule has 0 aromatic heterocycles. The molecule has 5 heteroatoms. The fourth-order valence-electron chi connectivity index (χ4n) is 1.52. The van der Waals surface area contributed by atoms with Gasteiger partial charge in [0.15, 0.2) is 0 Å². The van der Waals surface area contributed by atoms with E-state index < -0.39 is 5.97 Å². The van der Waals surface area contributed by atoms with Crippen LogP contribution >= 0.6 is 0 Å². The van der Waals surface area contributed by atoms with Crippen LogP contribution < -0.4 is 5.73 Å². The van der Waals surface area contributed by atoms with Gasteiger partial charge in [-0.1, -0.05) is 18.2 Å². The minimum Gasteiger partial charge on any atom is -0.478 e. The summed E-state index contributed by atoms with van der Waals surface area (Å²) >= 11 is 0. The van der Waals surface area contributed by atoms with Crippen LogP contribution in [0.5, 0.6) is 0 Å². The molecule has 0 amide bonds. The van der Waals surface area contributed by atoms with Gasteiger partial charge in [0, 0.05) is 6.54 Å². The van der Waals surface area contributed by atoms with Crippen molar-refractivity contribution in [1.82, 2.24) is 0 Å². The molecule has 0 aliphatic carbocycles. The minimum absolute atomic E-state index is 0.190. The van der Waals surface area contributed by atoms with E-state index in [0.717, 1.165) is 5.56 Å². The zero-order chi connectivity index (χ0) is 13.7. The zero-order valence-electron chi connectivity index (χ0n) is 10.2. The maximum absolute atomic E-state index is 10.8. The Morgan fingerprint density at radius 1 is 1.05 bits per heavy atom. The van der Waals surface area contributed by atoms with Crippen molar-refractivity contribution in [3.05, 3.63) is 59.7 Å². The first-order chi connectivity index (χ1) is 9.19. The third-order valence-corrected chi connectivity index (χ3v) is 2.55. The van der Waals surface area contributed by atoms with Crippen molar-refractivity contribution in [2.45, 2.75) is 6.54 Å². The van der Waals surface area contributed by atoms with Crippen LogP contribution in [0, 0.1) is 0 Å². The number of aromatic carboxylic acids is 1. The van der Waals surface area contributed by atoms with Gasteiger partial charge < -0.3 is 10.8 Å². The molecule has 5 nitrogen and oxygen atoms in total. The summed E-state index contributed by atoms with van der Waals surface area (Å²) in [5, 5.41) is 16.9. The van der Waals surface area contributed by atoms with Crippen molar-refractivity contribution >= 4 is 17.3 Å². The highest BCUT2D eigenvalue weighted by Gasteiger charge is 2.02. The fourth-order valence-corrected chi connectivity index (χ4v) is 1.52. The number of carboxylic acids is 1. The summed E-state index contributed by atoms with van der Waals surface area (Å²) in [5.74, 6) is -0.982. The zero-order valence-corrected chi connectivity index (χ0v) is 10.2. The van der Waals surface area contributed by atoms with E-state index in [9.17, 15) is 4.79 Å². The number of nitrogens with zero attached hydrogens (tertiary/aromatic N) is 2. The van der Waals surface area contributed by atoms with E-state index in [-0.39, 0.29) is 5.56 Å². The lowest BCUT2D eigenvalue weighted by Gasteiger charge is -1.97. The lowest BCUT2D eigenvalue weighted by molar-refractivity contribution is 0.0697. The first-order valence-electron chi connectivity index (χ1n) is 5.73. The second-order valence-corrected chi connectivity index (χ2v) is 3.93. The van der Waals surface area contributed by atoms with Gasteiger partial charge in [-0.2, -0.15) is 10.2 Å². The fraction of sp³-hybridized carbons (Fsp3) is 0.0714. The summed E-state index contributed by atoms with van der Waals surface area (Å²) in [7, 11) is 0. The average molecular weight is 255 g/mol. The Bertz CT molecular complexity index is 606. The molecule has 0 radical (unpaired) electrons. The number of carbonyl (C=O) groups is 1. The van der Waals surface area contributed by atoms with Crippen molar-refractivity contribution in [2.24, 2.45) is 16.0 Å². The quantitative estimate of drug-likeness (QED) is 0.822. The van der Waals surface area contributed by atoms with Crippen LogP contribution in [0.15, 0.2) is 58.8 Å². The molecule has 0 heterocycles. The van der Waals surface area contributed by atoms with Crippen molar-refractivity contribution in [2.75, 3.05) is 0 Å². The highest BCUT2D eigenvalue weighted by atomic mass is 16.4. The Morgan fingerprint density at radius 2 is 1.74 bits per heavy atom. The van der Waals surface area contributed by atoms with Crippen LogP contribution in [0.1, 0.15) is 15.9 Å². The van der Waals surface area contributed by atoms with Gasteiger partial charge in [0.25, 0.3) is 0 Å². The smallest absolute Gasteiger partial charge is 0.335 e. The molecule has 3 N–H and O–H groups in total. The number of hydrogen-bond acceptors (Lipinski definition) is 4. The number of nitrogens with two attached hydrogens (primary N) is 1. The van der Waals surface area contributed by atoms with E-state index in [1.165, 1.54) is 12.1 Å². The van der Waals surface area contributed by atoms with E-state index in [1.54, 1.807) is 12.1 Å². The lowest BCUT2D eigenvalue weighted by Crippen LogP contribution is -1.94. The Labute approximate surface area is 110 Å². The summed E-state index contributed by atoms with van der Waals surface area (Å²) in [4.78, 5) is 10.8. The lowest BCUT2D eigenvalue weighted by atomic mass is 10.2. The van der Waals surface area contributed by atoms with Gasteiger partial charge in [-0.25, -0.2) is 4.79 Å². The summed E-state index contributed by atoms with van der Waals surface area (Å²) in [6.07, 6.45) is 0. The normalized spacial score (nSPS) is 10.8. The van der Waals surface area contributed by atoms with Crippen LogP contribution in [0.25, 0.3) is 0 Å². The highest BCUT2D eigenvalue weighted by Crippen LogP contribution is 2.19. The Hall–Kier alpha value is -2.53. The van der Waals surface area contributed by atoms with E-state index in [1.807, 2.05) is 24.3 Å². The van der Waals surface area contributed by atoms with Crippen LogP contribution in [0.2, 0.25) is 0 Å². The van der Waals surface area contributed by atoms with Crippen molar-refractivity contribution < 1.29 is 9.90 Å². The summed E-state index contributed by atoms with van der Waals surface area (Å²) in [5.41, 5.74) is 7.91. The Morgan fingerprint density at radius 3 is 2.37 bits per heavy atom. The molecule has 0 spiro atoms. The van der Waals surface area contributed by atoms with Crippen molar-refractivity contribution in [3.63, 3.8) is 0 Å². The van der Waals surface area contributed by atoms with Gasteiger partial charge in [-0.15, -0.1) is 0 Å². The minimum atomic E-state index is -0.982. The molecular weight excluding hydrogens is 242 g/mol. The molecule has 2 aromatic rings. The molecule has 0 aliphatic heterocycles. The molecule has 0 fully saturated rings. The maximum Gasteiger partial charge on any atom is 0.335 e. The molecule has 0 saturated carbocycles. The third kappa shape index (κ3) is 3.46. The molecule has 19 heavy (non-hydrogen) atoms. The van der Waals surface area contributed by atoms with Gasteiger partial charge >= 0.3 is 5.97 Å². The second kappa shape index (κ2) is 5.88. The standard InChI is InChI=1S/C14H13N3O2/c15-9-10-4-6-12(7-5-10)16-17-13-3-1-2-11(8-13)14(18)19/h1-8H,9,15H2,(H,18,19).